The van der Waals surface area contributed by atoms with E-state index in [1.807, 2.05) is 0 Å². The number of benzene rings is 1. The highest BCUT2D eigenvalue weighted by Crippen LogP contribution is 2.24. The molecule has 3 rings (SSSR count). The van der Waals surface area contributed by atoms with E-state index in [1.54, 1.807) is 0 Å². The Kier molecular flexibility index (Phi) is 6.46. The first-order valence-corrected chi connectivity index (χ1v) is 9.63. The maximum Gasteiger partial charge on any atom is 0.338 e. The summed E-state index contributed by atoms with van der Waals surface area (Å²) >= 11 is 0. The van der Waals surface area contributed by atoms with Crippen LogP contribution in [0.15, 0.2) is 18.2 Å². The lowest BCUT2D eigenvalue weighted by Gasteiger charge is -2.13. The number of methoxy groups -OCH3 is 1. The van der Waals surface area contributed by atoms with Gasteiger partial charge in [-0.05, 0) is 44.4 Å². The van der Waals surface area contributed by atoms with Gasteiger partial charge in [0.05, 0.1) is 16.7 Å². The lowest BCUT2D eigenvalue weighted by Crippen LogP contribution is -2.45. The van der Waals surface area contributed by atoms with Gasteiger partial charge in [-0.15, -0.1) is 0 Å². The highest BCUT2D eigenvalue weighted by atomic mass is 16.5. The van der Waals surface area contributed by atoms with Crippen LogP contribution in [0.4, 0.5) is 4.79 Å². The number of carbonyl (C=O) groups is 5. The number of urea groups is 1. The molecule has 1 aliphatic heterocycles. The number of esters is 1. The summed E-state index contributed by atoms with van der Waals surface area (Å²) in [5.74, 6) is -2.54. The van der Waals surface area contributed by atoms with Crippen molar-refractivity contribution in [2.24, 2.45) is 0 Å². The quantitative estimate of drug-likeness (QED) is 0.364. The monoisotopic (exact) mass is 417 g/mol. The van der Waals surface area contributed by atoms with Crippen LogP contribution >= 0.6 is 0 Å². The van der Waals surface area contributed by atoms with Crippen molar-refractivity contribution in [3.8, 4) is 0 Å². The van der Waals surface area contributed by atoms with Crippen molar-refractivity contribution in [2.75, 3.05) is 20.3 Å². The predicted octanol–water partition coefficient (Wildman–Crippen LogP) is 0.853. The molecule has 2 N–H and O–H groups in total. The maximum absolute atomic E-state index is 12.5. The molecule has 0 aromatic heterocycles. The van der Waals surface area contributed by atoms with Crippen LogP contribution in [-0.2, 0) is 14.3 Å². The molecular weight excluding hydrogens is 394 g/mol. The lowest BCUT2D eigenvalue weighted by molar-refractivity contribution is -0.127. The van der Waals surface area contributed by atoms with Gasteiger partial charge in [-0.2, -0.15) is 0 Å². The first kappa shape index (κ1) is 21.4. The Hall–Kier alpha value is -3.27. The van der Waals surface area contributed by atoms with E-state index in [1.165, 1.54) is 32.2 Å². The number of imide groups is 2. The summed E-state index contributed by atoms with van der Waals surface area (Å²) in [6, 6.07) is 3.46. The average molecular weight is 417 g/mol. The Bertz CT molecular complexity index is 894. The van der Waals surface area contributed by atoms with Crippen molar-refractivity contribution >= 4 is 29.7 Å². The van der Waals surface area contributed by atoms with E-state index in [4.69, 9.17) is 9.47 Å². The second-order valence-electron chi connectivity index (χ2n) is 7.15. The van der Waals surface area contributed by atoms with E-state index in [9.17, 15) is 24.0 Å². The average Bonchev–Trinajstić information content (AvgIpc) is 3.49. The van der Waals surface area contributed by atoms with Gasteiger partial charge in [0, 0.05) is 26.3 Å². The maximum atomic E-state index is 12.5. The number of rotatable bonds is 8. The van der Waals surface area contributed by atoms with E-state index in [2.05, 4.69) is 10.6 Å². The zero-order chi connectivity index (χ0) is 21.8. The van der Waals surface area contributed by atoms with Gasteiger partial charge in [0.15, 0.2) is 6.10 Å². The van der Waals surface area contributed by atoms with Gasteiger partial charge in [0.1, 0.15) is 0 Å². The van der Waals surface area contributed by atoms with Crippen LogP contribution in [0.3, 0.4) is 0 Å². The molecule has 30 heavy (non-hydrogen) atoms. The molecule has 1 atom stereocenters. The molecule has 1 unspecified atom stereocenters. The number of carbonyl (C=O) groups excluding carboxylic acids is 5. The smallest absolute Gasteiger partial charge is 0.338 e. The van der Waals surface area contributed by atoms with E-state index < -0.39 is 35.8 Å². The van der Waals surface area contributed by atoms with Gasteiger partial charge in [0.2, 0.25) is 0 Å². The Morgan fingerprint density at radius 3 is 2.53 bits per heavy atom. The minimum atomic E-state index is -1.22. The molecule has 1 fully saturated rings. The van der Waals surface area contributed by atoms with Crippen LogP contribution in [0.2, 0.25) is 0 Å². The molecule has 1 aromatic rings. The molecular formula is C20H23N3O7. The minimum absolute atomic E-state index is 0.0238. The first-order valence-electron chi connectivity index (χ1n) is 9.63. The molecule has 1 heterocycles. The Morgan fingerprint density at radius 1 is 1.17 bits per heavy atom. The molecule has 0 bridgehead atoms. The standard InChI is InChI=1S/C20H23N3O7/c1-11(16(24)22-20(28)21-13-5-6-13)30-19(27)12-4-7-14-15(10-12)18(26)23(17(14)25)8-3-9-29-2/h4,7,10-11,13H,3,5-6,8-9H2,1-2H3,(H2,21,22,24,28). The normalized spacial score (nSPS) is 16.1. The predicted molar refractivity (Wildman–Crippen MR) is 103 cm³/mol. The topological polar surface area (TPSA) is 131 Å². The summed E-state index contributed by atoms with van der Waals surface area (Å²) in [4.78, 5) is 62.0. The van der Waals surface area contributed by atoms with E-state index >= 15 is 0 Å². The van der Waals surface area contributed by atoms with Crippen molar-refractivity contribution < 1.29 is 33.4 Å². The number of fused-ring (bicyclic) bond motifs is 1. The van der Waals surface area contributed by atoms with Crippen LogP contribution in [-0.4, -0.2) is 67.0 Å². The van der Waals surface area contributed by atoms with Crippen LogP contribution in [0.5, 0.6) is 0 Å². The van der Waals surface area contributed by atoms with Gasteiger partial charge in [0.25, 0.3) is 17.7 Å². The Balaban J connectivity index is 1.61. The number of nitrogens with one attached hydrogen (secondary N) is 2. The third-order valence-electron chi connectivity index (χ3n) is 4.74. The third kappa shape index (κ3) is 4.82. The van der Waals surface area contributed by atoms with Crippen molar-refractivity contribution in [3.05, 3.63) is 34.9 Å². The number of hydrogen-bond acceptors (Lipinski definition) is 7. The summed E-state index contributed by atoms with van der Waals surface area (Å²) in [6.07, 6.45) is 1.02. The summed E-state index contributed by atoms with van der Waals surface area (Å²) in [5, 5.41) is 4.70. The minimum Gasteiger partial charge on any atom is -0.449 e. The lowest BCUT2D eigenvalue weighted by atomic mass is 10.1. The van der Waals surface area contributed by atoms with Crippen molar-refractivity contribution in [1.82, 2.24) is 15.5 Å². The van der Waals surface area contributed by atoms with Crippen LogP contribution in [0, 0.1) is 0 Å². The number of hydrogen-bond donors (Lipinski definition) is 2. The van der Waals surface area contributed by atoms with Crippen molar-refractivity contribution in [2.45, 2.75) is 38.3 Å². The summed E-state index contributed by atoms with van der Waals surface area (Å²) in [6.45, 7) is 1.95. The zero-order valence-corrected chi connectivity index (χ0v) is 16.7. The molecule has 160 valence electrons. The fraction of sp³-hybridized carbons (Fsp3) is 0.450. The largest absolute Gasteiger partial charge is 0.449 e. The van der Waals surface area contributed by atoms with Crippen LogP contribution in [0.1, 0.15) is 57.3 Å². The van der Waals surface area contributed by atoms with Crippen molar-refractivity contribution in [3.63, 3.8) is 0 Å². The Morgan fingerprint density at radius 2 is 1.87 bits per heavy atom. The summed E-state index contributed by atoms with van der Waals surface area (Å²) in [5.41, 5.74) is 0.333. The molecule has 0 saturated heterocycles. The molecule has 1 aliphatic carbocycles. The molecule has 2 aliphatic rings. The molecule has 0 spiro atoms. The zero-order valence-electron chi connectivity index (χ0n) is 16.7. The number of ether oxygens (including phenoxy) is 2. The molecule has 5 amide bonds. The second kappa shape index (κ2) is 9.04. The summed E-state index contributed by atoms with van der Waals surface area (Å²) < 4.78 is 10.0. The summed E-state index contributed by atoms with van der Waals surface area (Å²) in [7, 11) is 1.53. The molecule has 10 nitrogen and oxygen atoms in total. The van der Waals surface area contributed by atoms with Gasteiger partial charge in [-0.1, -0.05) is 0 Å². The van der Waals surface area contributed by atoms with Gasteiger partial charge in [-0.3, -0.25) is 24.6 Å². The van der Waals surface area contributed by atoms with Gasteiger partial charge >= 0.3 is 12.0 Å². The molecule has 10 heteroatoms. The first-order chi connectivity index (χ1) is 14.3. The number of amides is 5. The fourth-order valence-corrected chi connectivity index (χ4v) is 2.93. The fourth-order valence-electron chi connectivity index (χ4n) is 2.93. The van der Waals surface area contributed by atoms with E-state index in [-0.39, 0.29) is 29.3 Å². The molecule has 1 saturated carbocycles. The molecule has 0 radical (unpaired) electrons. The highest BCUT2D eigenvalue weighted by Gasteiger charge is 2.36. The van der Waals surface area contributed by atoms with Gasteiger partial charge in [-0.25, -0.2) is 9.59 Å². The number of nitrogens with zero attached hydrogens (tertiary/aromatic N) is 1. The van der Waals surface area contributed by atoms with E-state index in [0.717, 1.165) is 17.7 Å². The SMILES string of the molecule is COCCCN1C(=O)c2ccc(C(=O)OC(C)C(=O)NC(=O)NC3CC3)cc2C1=O. The van der Waals surface area contributed by atoms with Crippen LogP contribution < -0.4 is 10.6 Å². The van der Waals surface area contributed by atoms with Crippen LogP contribution in [0.25, 0.3) is 0 Å². The van der Waals surface area contributed by atoms with Crippen molar-refractivity contribution in [1.29, 1.82) is 0 Å². The van der Waals surface area contributed by atoms with Gasteiger partial charge < -0.3 is 14.8 Å². The van der Waals surface area contributed by atoms with E-state index in [0.29, 0.717) is 13.0 Å². The molecule has 1 aromatic carbocycles. The third-order valence-corrected chi connectivity index (χ3v) is 4.74. The second-order valence-corrected chi connectivity index (χ2v) is 7.15. The Labute approximate surface area is 172 Å². The highest BCUT2D eigenvalue weighted by molar-refractivity contribution is 6.22.